The second-order valence-electron chi connectivity index (χ2n) is 4.88. The van der Waals surface area contributed by atoms with Crippen molar-refractivity contribution in [3.05, 3.63) is 29.8 Å². The summed E-state index contributed by atoms with van der Waals surface area (Å²) in [7, 11) is 0. The zero-order chi connectivity index (χ0) is 15.0. The van der Waals surface area contributed by atoms with Gasteiger partial charge >= 0.3 is 6.18 Å². The predicted octanol–water partition coefficient (Wildman–Crippen LogP) is 4.80. The molecule has 0 bridgehead atoms. The van der Waals surface area contributed by atoms with E-state index < -0.39 is 12.6 Å². The molecule has 20 heavy (non-hydrogen) atoms. The zero-order valence-electron chi connectivity index (χ0n) is 12.0. The highest BCUT2D eigenvalue weighted by atomic mass is 32.2. The first-order valence-electron chi connectivity index (χ1n) is 6.91. The summed E-state index contributed by atoms with van der Waals surface area (Å²) in [5.41, 5.74) is 1.17. The maximum atomic E-state index is 12.3. The van der Waals surface area contributed by atoms with E-state index in [0.717, 1.165) is 17.9 Å². The first-order valence-corrected chi connectivity index (χ1v) is 7.89. The Morgan fingerprint density at radius 2 is 1.95 bits per heavy atom. The molecule has 0 aromatic heterocycles. The Bertz CT molecular complexity index is 393. The highest BCUT2D eigenvalue weighted by molar-refractivity contribution is 7.99. The molecule has 1 rings (SSSR count). The van der Waals surface area contributed by atoms with Crippen LogP contribution in [0.5, 0.6) is 0 Å². The molecule has 5 heteroatoms. The SMILES string of the molecule is CCCNC(CCC(F)(F)F)CSc1ccccc1C. The van der Waals surface area contributed by atoms with E-state index in [1.54, 1.807) is 11.8 Å². The van der Waals surface area contributed by atoms with Gasteiger partial charge in [-0.25, -0.2) is 0 Å². The van der Waals surface area contributed by atoms with E-state index in [-0.39, 0.29) is 12.5 Å². The smallest absolute Gasteiger partial charge is 0.313 e. The Morgan fingerprint density at radius 3 is 2.55 bits per heavy atom. The Morgan fingerprint density at radius 1 is 1.25 bits per heavy atom. The molecule has 1 aromatic rings. The van der Waals surface area contributed by atoms with Gasteiger partial charge < -0.3 is 5.32 Å². The van der Waals surface area contributed by atoms with Crippen molar-refractivity contribution >= 4 is 11.8 Å². The van der Waals surface area contributed by atoms with Crippen LogP contribution in [-0.2, 0) is 0 Å². The van der Waals surface area contributed by atoms with Crippen molar-refractivity contribution in [2.45, 2.75) is 50.2 Å². The molecule has 0 heterocycles. The van der Waals surface area contributed by atoms with E-state index in [2.05, 4.69) is 5.32 Å². The molecule has 114 valence electrons. The monoisotopic (exact) mass is 305 g/mol. The second-order valence-corrected chi connectivity index (χ2v) is 5.94. The number of halogens is 3. The third-order valence-electron chi connectivity index (χ3n) is 2.99. The molecular weight excluding hydrogens is 283 g/mol. The van der Waals surface area contributed by atoms with E-state index in [0.29, 0.717) is 5.75 Å². The molecule has 0 radical (unpaired) electrons. The van der Waals surface area contributed by atoms with Crippen LogP contribution in [0.25, 0.3) is 0 Å². The standard InChI is InChI=1S/C15H22F3NS/c1-3-10-19-13(8-9-15(16,17)18)11-20-14-7-5-4-6-12(14)2/h4-7,13,19H,3,8-11H2,1-2H3. The van der Waals surface area contributed by atoms with Crippen LogP contribution in [0.15, 0.2) is 29.2 Å². The van der Waals surface area contributed by atoms with Crippen molar-refractivity contribution in [1.29, 1.82) is 0 Å². The number of alkyl halides is 3. The topological polar surface area (TPSA) is 12.0 Å². The largest absolute Gasteiger partial charge is 0.389 e. The number of hydrogen-bond donors (Lipinski definition) is 1. The molecule has 0 aliphatic rings. The zero-order valence-corrected chi connectivity index (χ0v) is 12.8. The number of nitrogens with one attached hydrogen (secondary N) is 1. The van der Waals surface area contributed by atoms with E-state index in [9.17, 15) is 13.2 Å². The highest BCUT2D eigenvalue weighted by Gasteiger charge is 2.28. The quantitative estimate of drug-likeness (QED) is 0.693. The first-order chi connectivity index (χ1) is 9.42. The lowest BCUT2D eigenvalue weighted by molar-refractivity contribution is -0.136. The van der Waals surface area contributed by atoms with Gasteiger partial charge in [-0.1, -0.05) is 25.1 Å². The van der Waals surface area contributed by atoms with Crippen LogP contribution < -0.4 is 5.32 Å². The molecule has 1 nitrogen and oxygen atoms in total. The average Bonchev–Trinajstić information content (AvgIpc) is 2.38. The van der Waals surface area contributed by atoms with Gasteiger partial charge in [-0.3, -0.25) is 0 Å². The van der Waals surface area contributed by atoms with E-state index in [1.807, 2.05) is 38.1 Å². The summed E-state index contributed by atoms with van der Waals surface area (Å²) in [4.78, 5) is 1.14. The fourth-order valence-electron chi connectivity index (χ4n) is 1.84. The van der Waals surface area contributed by atoms with Crippen molar-refractivity contribution in [3.8, 4) is 0 Å². The number of rotatable bonds is 8. The number of aryl methyl sites for hydroxylation is 1. The molecule has 0 fully saturated rings. The molecule has 1 N–H and O–H groups in total. The van der Waals surface area contributed by atoms with Crippen LogP contribution in [0.2, 0.25) is 0 Å². The van der Waals surface area contributed by atoms with E-state index in [4.69, 9.17) is 0 Å². The fraction of sp³-hybridized carbons (Fsp3) is 0.600. The Labute approximate surface area is 123 Å². The second kappa shape index (κ2) is 8.57. The number of thioether (sulfide) groups is 1. The molecule has 0 aliphatic carbocycles. The van der Waals surface area contributed by atoms with Crippen LogP contribution >= 0.6 is 11.8 Å². The summed E-state index contributed by atoms with van der Waals surface area (Å²) < 4.78 is 37.0. The van der Waals surface area contributed by atoms with Gasteiger partial charge in [0.05, 0.1) is 0 Å². The predicted molar refractivity (Wildman–Crippen MR) is 79.3 cm³/mol. The third-order valence-corrected chi connectivity index (χ3v) is 4.33. The average molecular weight is 305 g/mol. The molecule has 0 saturated carbocycles. The lowest BCUT2D eigenvalue weighted by Crippen LogP contribution is -2.33. The van der Waals surface area contributed by atoms with E-state index in [1.165, 1.54) is 5.56 Å². The maximum Gasteiger partial charge on any atom is 0.389 e. The van der Waals surface area contributed by atoms with E-state index >= 15 is 0 Å². The van der Waals surface area contributed by atoms with Crippen LogP contribution in [0.1, 0.15) is 31.7 Å². The van der Waals surface area contributed by atoms with Gasteiger partial charge in [0.15, 0.2) is 0 Å². The third kappa shape index (κ3) is 7.20. The number of hydrogen-bond acceptors (Lipinski definition) is 2. The van der Waals surface area contributed by atoms with Crippen molar-refractivity contribution in [2.75, 3.05) is 12.3 Å². The summed E-state index contributed by atoms with van der Waals surface area (Å²) in [5, 5.41) is 3.21. The summed E-state index contributed by atoms with van der Waals surface area (Å²) in [6.07, 6.45) is -3.72. The Hall–Kier alpha value is -0.680. The van der Waals surface area contributed by atoms with Crippen molar-refractivity contribution in [2.24, 2.45) is 0 Å². The molecule has 0 amide bonds. The van der Waals surface area contributed by atoms with Gasteiger partial charge in [0.2, 0.25) is 0 Å². The minimum absolute atomic E-state index is 0.0961. The lowest BCUT2D eigenvalue weighted by atomic mass is 10.2. The fourth-order valence-corrected chi connectivity index (χ4v) is 2.98. The maximum absolute atomic E-state index is 12.3. The molecule has 1 atom stereocenters. The van der Waals surface area contributed by atoms with Gasteiger partial charge in [0.1, 0.15) is 0 Å². The normalized spacial score (nSPS) is 13.4. The van der Waals surface area contributed by atoms with Gasteiger partial charge in [0.25, 0.3) is 0 Å². The summed E-state index contributed by atoms with van der Waals surface area (Å²) >= 11 is 1.63. The van der Waals surface area contributed by atoms with Gasteiger partial charge in [-0.05, 0) is 37.9 Å². The van der Waals surface area contributed by atoms with Crippen LogP contribution in [0, 0.1) is 6.92 Å². The first kappa shape index (κ1) is 17.4. The summed E-state index contributed by atoms with van der Waals surface area (Å²) in [6, 6.07) is 7.86. The minimum atomic E-state index is -4.07. The highest BCUT2D eigenvalue weighted by Crippen LogP contribution is 2.26. The molecule has 1 unspecified atom stereocenters. The summed E-state index contributed by atoms with van der Waals surface area (Å²) in [5.74, 6) is 0.668. The lowest BCUT2D eigenvalue weighted by Gasteiger charge is -2.19. The Balaban J connectivity index is 2.49. The minimum Gasteiger partial charge on any atom is -0.313 e. The molecular formula is C15H22F3NS. The number of benzene rings is 1. The van der Waals surface area contributed by atoms with Crippen molar-refractivity contribution in [3.63, 3.8) is 0 Å². The van der Waals surface area contributed by atoms with Crippen molar-refractivity contribution < 1.29 is 13.2 Å². The molecule has 1 aromatic carbocycles. The Kier molecular flexibility index (Phi) is 7.45. The van der Waals surface area contributed by atoms with Crippen LogP contribution in [-0.4, -0.2) is 24.5 Å². The van der Waals surface area contributed by atoms with Gasteiger partial charge in [0, 0.05) is 23.1 Å². The van der Waals surface area contributed by atoms with Gasteiger partial charge in [-0.15, -0.1) is 11.8 Å². The molecule has 0 aliphatic heterocycles. The summed E-state index contributed by atoms with van der Waals surface area (Å²) in [6.45, 7) is 4.80. The van der Waals surface area contributed by atoms with Gasteiger partial charge in [-0.2, -0.15) is 13.2 Å². The molecule has 0 saturated heterocycles. The van der Waals surface area contributed by atoms with Crippen molar-refractivity contribution in [1.82, 2.24) is 5.32 Å². The van der Waals surface area contributed by atoms with Crippen LogP contribution in [0.4, 0.5) is 13.2 Å². The van der Waals surface area contributed by atoms with Crippen LogP contribution in [0.3, 0.4) is 0 Å². The molecule has 0 spiro atoms.